The number of rotatable bonds is 1. The molecule has 0 aliphatic carbocycles. The van der Waals surface area contributed by atoms with E-state index in [-0.39, 0.29) is 26.6 Å². The van der Waals surface area contributed by atoms with Gasteiger partial charge in [-0.15, -0.1) is 0 Å². The molecule has 2 aromatic carbocycles. The highest BCUT2D eigenvalue weighted by atomic mass is 32.2. The number of hydrogen-bond acceptors (Lipinski definition) is 5. The molecule has 0 saturated heterocycles. The number of carbonyl (C=O) groups excluding carboxylic acids is 2. The van der Waals surface area contributed by atoms with Crippen molar-refractivity contribution in [2.45, 2.75) is 9.79 Å². The van der Waals surface area contributed by atoms with Crippen LogP contribution < -0.4 is 5.32 Å². The van der Waals surface area contributed by atoms with E-state index in [1.807, 2.05) is 0 Å². The summed E-state index contributed by atoms with van der Waals surface area (Å²) in [4.78, 5) is 23.5. The Morgan fingerprint density at radius 3 is 2.55 bits per heavy atom. The molecule has 0 radical (unpaired) electrons. The molecule has 0 bridgehead atoms. The highest BCUT2D eigenvalue weighted by Gasteiger charge is 2.31. The van der Waals surface area contributed by atoms with Crippen LogP contribution in [-0.4, -0.2) is 27.4 Å². The minimum Gasteiger partial charge on any atom is -0.465 e. The lowest BCUT2D eigenvalue weighted by atomic mass is 10.2. The Hall–Kier alpha value is -2.67. The fourth-order valence-corrected chi connectivity index (χ4v) is 3.93. The number of methoxy groups -OCH3 is 1. The van der Waals surface area contributed by atoms with Gasteiger partial charge < -0.3 is 10.1 Å². The van der Waals surface area contributed by atoms with Gasteiger partial charge in [-0.2, -0.15) is 0 Å². The Balaban J connectivity index is 2.31. The minimum atomic E-state index is -3.93. The molecule has 7 heteroatoms. The van der Waals surface area contributed by atoms with Gasteiger partial charge in [-0.1, -0.05) is 12.1 Å². The van der Waals surface area contributed by atoms with Crippen LogP contribution in [0.4, 0.5) is 5.69 Å². The predicted molar refractivity (Wildman–Crippen MR) is 77.6 cm³/mol. The van der Waals surface area contributed by atoms with Crippen molar-refractivity contribution in [3.05, 3.63) is 53.6 Å². The molecule has 0 spiro atoms. The van der Waals surface area contributed by atoms with E-state index in [4.69, 9.17) is 0 Å². The molecule has 1 aliphatic rings. The van der Waals surface area contributed by atoms with Crippen LogP contribution in [0.3, 0.4) is 0 Å². The van der Waals surface area contributed by atoms with Gasteiger partial charge in [0.25, 0.3) is 5.91 Å². The molecule has 6 nitrogen and oxygen atoms in total. The van der Waals surface area contributed by atoms with Crippen LogP contribution in [0.5, 0.6) is 0 Å². The summed E-state index contributed by atoms with van der Waals surface area (Å²) in [6.45, 7) is 0. The summed E-state index contributed by atoms with van der Waals surface area (Å²) in [5.41, 5.74) is 0.297. The first-order valence-electron chi connectivity index (χ1n) is 6.33. The molecule has 1 N–H and O–H groups in total. The van der Waals surface area contributed by atoms with Crippen LogP contribution in [0.15, 0.2) is 52.3 Å². The molecule has 0 saturated carbocycles. The van der Waals surface area contributed by atoms with Gasteiger partial charge >= 0.3 is 5.97 Å². The first kappa shape index (κ1) is 14.3. The van der Waals surface area contributed by atoms with Gasteiger partial charge in [-0.05, 0) is 30.3 Å². The molecule has 0 unspecified atom stereocenters. The standard InChI is InChI=1S/C15H11NO5S/c1-21-15(18)9-6-7-11-13(8-9)22(19,20)12-5-3-2-4-10(12)14(17)16-11/h2-8H,1H3,(H,16,17). The van der Waals surface area contributed by atoms with Crippen molar-refractivity contribution in [2.75, 3.05) is 12.4 Å². The topological polar surface area (TPSA) is 89.5 Å². The third-order valence-electron chi connectivity index (χ3n) is 3.36. The highest BCUT2D eigenvalue weighted by molar-refractivity contribution is 7.91. The fourth-order valence-electron chi connectivity index (χ4n) is 2.29. The van der Waals surface area contributed by atoms with E-state index in [1.54, 1.807) is 12.1 Å². The minimum absolute atomic E-state index is 0.0679. The van der Waals surface area contributed by atoms with E-state index in [0.717, 1.165) is 0 Å². The van der Waals surface area contributed by atoms with Crippen LogP contribution in [0.25, 0.3) is 0 Å². The first-order chi connectivity index (χ1) is 10.4. The van der Waals surface area contributed by atoms with Crippen LogP contribution in [0.1, 0.15) is 20.7 Å². The molecule has 1 amide bonds. The third-order valence-corrected chi connectivity index (χ3v) is 5.21. The second-order valence-electron chi connectivity index (χ2n) is 4.66. The lowest BCUT2D eigenvalue weighted by Crippen LogP contribution is -2.11. The van der Waals surface area contributed by atoms with Crippen molar-refractivity contribution in [3.63, 3.8) is 0 Å². The van der Waals surface area contributed by atoms with Crippen LogP contribution >= 0.6 is 0 Å². The molecule has 1 heterocycles. The van der Waals surface area contributed by atoms with Crippen LogP contribution in [0.2, 0.25) is 0 Å². The van der Waals surface area contributed by atoms with Gasteiger partial charge in [0.2, 0.25) is 9.84 Å². The number of benzene rings is 2. The van der Waals surface area contributed by atoms with Crippen molar-refractivity contribution < 1.29 is 22.7 Å². The summed E-state index contributed by atoms with van der Waals surface area (Å²) >= 11 is 0. The molecule has 0 fully saturated rings. The molecule has 112 valence electrons. The maximum Gasteiger partial charge on any atom is 0.337 e. The van der Waals surface area contributed by atoms with E-state index >= 15 is 0 Å². The summed E-state index contributed by atoms with van der Waals surface area (Å²) in [7, 11) is -2.72. The van der Waals surface area contributed by atoms with Crippen molar-refractivity contribution in [2.24, 2.45) is 0 Å². The van der Waals surface area contributed by atoms with Gasteiger partial charge in [-0.25, -0.2) is 13.2 Å². The molecular formula is C15H11NO5S. The summed E-state index contributed by atoms with van der Waals surface area (Å²) in [6.07, 6.45) is 0. The van der Waals surface area contributed by atoms with Crippen molar-refractivity contribution in [3.8, 4) is 0 Å². The van der Waals surface area contributed by atoms with Gasteiger partial charge in [-0.3, -0.25) is 4.79 Å². The molecule has 22 heavy (non-hydrogen) atoms. The van der Waals surface area contributed by atoms with E-state index in [0.29, 0.717) is 0 Å². The van der Waals surface area contributed by atoms with Crippen molar-refractivity contribution in [1.29, 1.82) is 0 Å². The summed E-state index contributed by atoms with van der Waals surface area (Å²) in [5.74, 6) is -1.16. The molecule has 3 rings (SSSR count). The molecular weight excluding hydrogens is 306 g/mol. The lowest BCUT2D eigenvalue weighted by Gasteiger charge is -2.08. The van der Waals surface area contributed by atoms with Crippen LogP contribution in [-0.2, 0) is 14.6 Å². The maximum atomic E-state index is 12.8. The van der Waals surface area contributed by atoms with E-state index < -0.39 is 21.7 Å². The van der Waals surface area contributed by atoms with Crippen molar-refractivity contribution >= 4 is 27.4 Å². The highest BCUT2D eigenvalue weighted by Crippen LogP contribution is 2.34. The number of sulfone groups is 1. The number of carbonyl (C=O) groups is 2. The Labute approximate surface area is 126 Å². The average Bonchev–Trinajstić information content (AvgIpc) is 2.61. The zero-order valence-electron chi connectivity index (χ0n) is 11.5. The molecule has 0 aromatic heterocycles. The molecule has 2 aromatic rings. The van der Waals surface area contributed by atoms with E-state index in [2.05, 4.69) is 10.1 Å². The normalized spacial score (nSPS) is 15.0. The van der Waals surface area contributed by atoms with Gasteiger partial charge in [0.1, 0.15) is 0 Å². The zero-order valence-corrected chi connectivity index (χ0v) is 12.3. The first-order valence-corrected chi connectivity index (χ1v) is 7.81. The number of amides is 1. The third kappa shape index (κ3) is 2.06. The molecule has 1 aliphatic heterocycles. The number of fused-ring (bicyclic) bond motifs is 2. The summed E-state index contributed by atoms with van der Waals surface area (Å²) in [6, 6.07) is 9.92. The Morgan fingerprint density at radius 2 is 1.82 bits per heavy atom. The summed E-state index contributed by atoms with van der Waals surface area (Å²) in [5, 5.41) is 2.55. The number of anilines is 1. The predicted octanol–water partition coefficient (Wildman–Crippen LogP) is 1.87. The maximum absolute atomic E-state index is 12.8. The van der Waals surface area contributed by atoms with Gasteiger partial charge in [0, 0.05) is 0 Å². The van der Waals surface area contributed by atoms with E-state index in [1.165, 1.54) is 37.4 Å². The van der Waals surface area contributed by atoms with Crippen molar-refractivity contribution in [1.82, 2.24) is 0 Å². The number of ether oxygens (including phenoxy) is 1. The zero-order chi connectivity index (χ0) is 15.9. The largest absolute Gasteiger partial charge is 0.465 e. The second-order valence-corrected chi connectivity index (χ2v) is 6.54. The molecule has 0 atom stereocenters. The quantitative estimate of drug-likeness (QED) is 0.811. The second kappa shape index (κ2) is 4.96. The number of esters is 1. The Bertz CT molecular complexity index is 902. The van der Waals surface area contributed by atoms with E-state index in [9.17, 15) is 18.0 Å². The number of hydrogen-bond donors (Lipinski definition) is 1. The monoisotopic (exact) mass is 317 g/mol. The van der Waals surface area contributed by atoms with Gasteiger partial charge in [0.05, 0.1) is 33.7 Å². The Kier molecular flexibility index (Phi) is 3.22. The fraction of sp³-hybridized carbons (Fsp3) is 0.0667. The van der Waals surface area contributed by atoms with Crippen LogP contribution in [0, 0.1) is 0 Å². The lowest BCUT2D eigenvalue weighted by molar-refractivity contribution is 0.0600. The smallest absolute Gasteiger partial charge is 0.337 e. The Morgan fingerprint density at radius 1 is 1.09 bits per heavy atom. The average molecular weight is 317 g/mol. The SMILES string of the molecule is COC(=O)c1ccc2c(c1)S(=O)(=O)c1ccccc1C(=O)N2. The van der Waals surface area contributed by atoms with Gasteiger partial charge in [0.15, 0.2) is 0 Å². The number of nitrogens with one attached hydrogen (secondary N) is 1. The summed E-state index contributed by atoms with van der Waals surface area (Å²) < 4.78 is 30.2.